The highest BCUT2D eigenvalue weighted by molar-refractivity contribution is 5.90. The van der Waals surface area contributed by atoms with Crippen molar-refractivity contribution >= 4 is 11.6 Å². The smallest absolute Gasteiger partial charge is 0.224 e. The number of nitrogens with one attached hydrogen (secondary N) is 1. The van der Waals surface area contributed by atoms with Gasteiger partial charge in [0.05, 0.1) is 11.9 Å². The molecule has 0 atom stereocenters. The van der Waals surface area contributed by atoms with Crippen LogP contribution in [0.4, 0.5) is 5.69 Å². The fourth-order valence-electron chi connectivity index (χ4n) is 1.61. The molecule has 0 aliphatic heterocycles. The van der Waals surface area contributed by atoms with Crippen LogP contribution in [0, 0.1) is 0 Å². The Hall–Kier alpha value is -2.10. The summed E-state index contributed by atoms with van der Waals surface area (Å²) < 4.78 is 1.66. The monoisotopic (exact) mass is 229 g/mol. The molecule has 0 unspecified atom stereocenters. The number of amides is 1. The van der Waals surface area contributed by atoms with E-state index in [-0.39, 0.29) is 5.91 Å². The molecule has 4 nitrogen and oxygen atoms in total. The van der Waals surface area contributed by atoms with Crippen LogP contribution in [-0.4, -0.2) is 15.7 Å². The highest BCUT2D eigenvalue weighted by Crippen LogP contribution is 2.06. The quantitative estimate of drug-likeness (QED) is 0.871. The van der Waals surface area contributed by atoms with Crippen LogP contribution in [-0.2, 0) is 18.3 Å². The number of hydrogen-bond acceptors (Lipinski definition) is 2. The van der Waals surface area contributed by atoms with Gasteiger partial charge in [0.25, 0.3) is 0 Å². The average Bonchev–Trinajstić information content (AvgIpc) is 2.73. The number of carbonyl (C=O) groups excluding carboxylic acids is 1. The van der Waals surface area contributed by atoms with Crippen LogP contribution in [0.1, 0.15) is 12.0 Å². The van der Waals surface area contributed by atoms with Crippen molar-refractivity contribution in [3.63, 3.8) is 0 Å². The van der Waals surface area contributed by atoms with Crippen LogP contribution in [0.25, 0.3) is 0 Å². The van der Waals surface area contributed by atoms with Gasteiger partial charge in [-0.15, -0.1) is 0 Å². The Kier molecular flexibility index (Phi) is 3.55. The van der Waals surface area contributed by atoms with Crippen molar-refractivity contribution < 1.29 is 4.79 Å². The largest absolute Gasteiger partial charge is 0.323 e. The van der Waals surface area contributed by atoms with Gasteiger partial charge in [0.2, 0.25) is 5.91 Å². The van der Waals surface area contributed by atoms with Crippen molar-refractivity contribution in [1.29, 1.82) is 0 Å². The molecule has 1 heterocycles. The van der Waals surface area contributed by atoms with E-state index in [4.69, 9.17) is 0 Å². The molecule has 0 radical (unpaired) electrons. The third-order valence-electron chi connectivity index (χ3n) is 2.47. The summed E-state index contributed by atoms with van der Waals surface area (Å²) >= 11 is 0. The molecule has 1 amide bonds. The summed E-state index contributed by atoms with van der Waals surface area (Å²) in [4.78, 5) is 11.6. The van der Waals surface area contributed by atoms with E-state index in [1.807, 2.05) is 37.4 Å². The van der Waals surface area contributed by atoms with E-state index in [2.05, 4.69) is 10.4 Å². The zero-order chi connectivity index (χ0) is 12.1. The Morgan fingerprint density at radius 1 is 1.35 bits per heavy atom. The second-order valence-corrected chi connectivity index (χ2v) is 3.94. The first kappa shape index (κ1) is 11.4. The Labute approximate surface area is 100 Å². The molecule has 4 heteroatoms. The molecular weight excluding hydrogens is 214 g/mol. The van der Waals surface area contributed by atoms with E-state index in [1.54, 1.807) is 17.1 Å². The summed E-state index contributed by atoms with van der Waals surface area (Å²) in [5.41, 5.74) is 1.92. The van der Waals surface area contributed by atoms with Crippen LogP contribution in [0.5, 0.6) is 0 Å². The van der Waals surface area contributed by atoms with Gasteiger partial charge in [-0.2, -0.15) is 5.10 Å². The Balaban J connectivity index is 1.82. The maximum Gasteiger partial charge on any atom is 0.224 e. The number of nitrogens with zero attached hydrogens (tertiary/aromatic N) is 2. The predicted molar refractivity (Wildman–Crippen MR) is 66.6 cm³/mol. The molecule has 0 saturated carbocycles. The number of rotatable bonds is 4. The van der Waals surface area contributed by atoms with E-state index in [9.17, 15) is 4.79 Å². The second-order valence-electron chi connectivity index (χ2n) is 3.94. The van der Waals surface area contributed by atoms with Crippen molar-refractivity contribution in [2.24, 2.45) is 7.05 Å². The van der Waals surface area contributed by atoms with E-state index in [0.29, 0.717) is 6.42 Å². The van der Waals surface area contributed by atoms with Crippen molar-refractivity contribution in [2.45, 2.75) is 12.8 Å². The third kappa shape index (κ3) is 3.45. The maximum atomic E-state index is 11.6. The highest BCUT2D eigenvalue weighted by atomic mass is 16.1. The van der Waals surface area contributed by atoms with E-state index in [0.717, 1.165) is 12.1 Å². The molecular formula is C13H15N3O. The summed E-state index contributed by atoms with van der Waals surface area (Å²) in [5, 5.41) is 6.80. The van der Waals surface area contributed by atoms with Crippen LogP contribution in [0.15, 0.2) is 42.7 Å². The number of aromatic nitrogens is 2. The summed E-state index contributed by atoms with van der Waals surface area (Å²) in [6.07, 6.45) is 4.66. The molecule has 2 aromatic rings. The van der Waals surface area contributed by atoms with Crippen LogP contribution < -0.4 is 5.32 Å². The van der Waals surface area contributed by atoms with E-state index < -0.39 is 0 Å². The minimum absolute atomic E-state index is 0.0156. The number of hydrogen-bond donors (Lipinski definition) is 1. The molecule has 0 fully saturated rings. The molecule has 0 spiro atoms. The van der Waals surface area contributed by atoms with Crippen molar-refractivity contribution in [3.8, 4) is 0 Å². The Morgan fingerprint density at radius 3 is 2.76 bits per heavy atom. The topological polar surface area (TPSA) is 46.9 Å². The minimum Gasteiger partial charge on any atom is -0.323 e. The molecule has 0 saturated heterocycles. The lowest BCUT2D eigenvalue weighted by Gasteiger charge is -2.02. The standard InChI is InChI=1S/C13H15N3O/c1-16-10-12(9-14-16)15-13(17)8-7-11-5-3-2-4-6-11/h2-6,9-10H,7-8H2,1H3,(H,15,17). The zero-order valence-electron chi connectivity index (χ0n) is 9.76. The Morgan fingerprint density at radius 2 is 2.12 bits per heavy atom. The molecule has 0 aliphatic rings. The summed E-state index contributed by atoms with van der Waals surface area (Å²) in [6.45, 7) is 0. The molecule has 2 rings (SSSR count). The van der Waals surface area contributed by atoms with Crippen LogP contribution in [0.2, 0.25) is 0 Å². The lowest BCUT2D eigenvalue weighted by atomic mass is 10.1. The number of aryl methyl sites for hydroxylation is 2. The summed E-state index contributed by atoms with van der Waals surface area (Å²) in [7, 11) is 1.82. The first-order valence-electron chi connectivity index (χ1n) is 5.56. The molecule has 17 heavy (non-hydrogen) atoms. The first-order chi connectivity index (χ1) is 8.24. The SMILES string of the molecule is Cn1cc(NC(=O)CCc2ccccc2)cn1. The number of carbonyl (C=O) groups is 1. The van der Waals surface area contributed by atoms with Gasteiger partial charge in [-0.1, -0.05) is 30.3 Å². The van der Waals surface area contributed by atoms with Crippen LogP contribution in [0.3, 0.4) is 0 Å². The third-order valence-corrected chi connectivity index (χ3v) is 2.47. The minimum atomic E-state index is 0.0156. The molecule has 1 aromatic heterocycles. The lowest BCUT2D eigenvalue weighted by Crippen LogP contribution is -2.11. The van der Waals surface area contributed by atoms with Gasteiger partial charge in [0.1, 0.15) is 0 Å². The zero-order valence-corrected chi connectivity index (χ0v) is 9.76. The van der Waals surface area contributed by atoms with Gasteiger partial charge in [-0.25, -0.2) is 0 Å². The number of anilines is 1. The fourth-order valence-corrected chi connectivity index (χ4v) is 1.61. The molecule has 0 bridgehead atoms. The van der Waals surface area contributed by atoms with Crippen molar-refractivity contribution in [2.75, 3.05) is 5.32 Å². The predicted octanol–water partition coefficient (Wildman–Crippen LogP) is 1.99. The van der Waals surface area contributed by atoms with Crippen LogP contribution >= 0.6 is 0 Å². The van der Waals surface area contributed by atoms with Gasteiger partial charge in [-0.05, 0) is 12.0 Å². The first-order valence-corrected chi connectivity index (χ1v) is 5.56. The van der Waals surface area contributed by atoms with Gasteiger partial charge in [0.15, 0.2) is 0 Å². The Bertz CT molecular complexity index is 490. The average molecular weight is 229 g/mol. The maximum absolute atomic E-state index is 11.6. The normalized spacial score (nSPS) is 10.2. The summed E-state index contributed by atoms with van der Waals surface area (Å²) in [5.74, 6) is 0.0156. The highest BCUT2D eigenvalue weighted by Gasteiger charge is 2.04. The summed E-state index contributed by atoms with van der Waals surface area (Å²) in [6, 6.07) is 9.98. The lowest BCUT2D eigenvalue weighted by molar-refractivity contribution is -0.116. The molecule has 0 aliphatic carbocycles. The van der Waals surface area contributed by atoms with Gasteiger partial charge in [-0.3, -0.25) is 9.48 Å². The van der Waals surface area contributed by atoms with E-state index >= 15 is 0 Å². The molecule has 1 aromatic carbocycles. The molecule has 1 N–H and O–H groups in total. The van der Waals surface area contributed by atoms with Gasteiger partial charge < -0.3 is 5.32 Å². The van der Waals surface area contributed by atoms with Crippen molar-refractivity contribution in [1.82, 2.24) is 9.78 Å². The van der Waals surface area contributed by atoms with Crippen molar-refractivity contribution in [3.05, 3.63) is 48.3 Å². The molecule has 88 valence electrons. The van der Waals surface area contributed by atoms with Gasteiger partial charge in [0, 0.05) is 19.7 Å². The van der Waals surface area contributed by atoms with Gasteiger partial charge >= 0.3 is 0 Å². The second kappa shape index (κ2) is 5.30. The fraction of sp³-hybridized carbons (Fsp3) is 0.231. The number of benzene rings is 1. The van der Waals surface area contributed by atoms with E-state index in [1.165, 1.54) is 5.56 Å².